The Bertz CT molecular complexity index is 730. The third-order valence-corrected chi connectivity index (χ3v) is 3.88. The highest BCUT2D eigenvalue weighted by Crippen LogP contribution is 2.12. The first-order valence-electron chi connectivity index (χ1n) is 8.92. The van der Waals surface area contributed by atoms with Crippen molar-refractivity contribution < 1.29 is 19.4 Å². The second-order valence-electron chi connectivity index (χ2n) is 6.54. The molecule has 0 heterocycles. The van der Waals surface area contributed by atoms with Gasteiger partial charge in [0.2, 0.25) is 5.91 Å². The van der Waals surface area contributed by atoms with Crippen molar-refractivity contribution in [3.63, 3.8) is 0 Å². The lowest BCUT2D eigenvalue weighted by Crippen LogP contribution is -2.39. The summed E-state index contributed by atoms with van der Waals surface area (Å²) in [6.45, 7) is 4.68. The van der Waals surface area contributed by atoms with Gasteiger partial charge in [0, 0.05) is 12.2 Å². The van der Waals surface area contributed by atoms with E-state index in [1.165, 1.54) is 4.90 Å². The fraction of sp³-hybridized carbons (Fsp3) is 0.333. The van der Waals surface area contributed by atoms with Gasteiger partial charge in [0.1, 0.15) is 6.54 Å². The Labute approximate surface area is 159 Å². The van der Waals surface area contributed by atoms with Crippen molar-refractivity contribution in [2.45, 2.75) is 33.1 Å². The zero-order valence-electron chi connectivity index (χ0n) is 15.7. The van der Waals surface area contributed by atoms with Crippen molar-refractivity contribution in [1.29, 1.82) is 0 Å². The minimum atomic E-state index is -0.981. The van der Waals surface area contributed by atoms with Crippen LogP contribution in [0.25, 0.3) is 0 Å². The van der Waals surface area contributed by atoms with Gasteiger partial charge in [-0.05, 0) is 37.1 Å². The Morgan fingerprint density at radius 2 is 1.63 bits per heavy atom. The van der Waals surface area contributed by atoms with Crippen LogP contribution < -0.4 is 10.2 Å². The highest BCUT2D eigenvalue weighted by Gasteiger charge is 2.14. The molecule has 2 N–H and O–H groups in total. The quantitative estimate of drug-likeness (QED) is 0.672. The van der Waals surface area contributed by atoms with Gasteiger partial charge in [-0.3, -0.25) is 9.59 Å². The standard InChI is InChI=1S/C21H26N2O4/c1-16(2)27-15-18-10-8-17(9-11-18)12-22-20(24)13-23(14-21(25)26)19-6-4-3-5-7-19/h3-11,16H,12-15H2,1-2H3,(H,22,24)(H,25,26). The molecule has 6 nitrogen and oxygen atoms in total. The second kappa shape index (κ2) is 10.3. The summed E-state index contributed by atoms with van der Waals surface area (Å²) in [5, 5.41) is 11.9. The summed E-state index contributed by atoms with van der Waals surface area (Å²) in [7, 11) is 0. The number of amides is 1. The monoisotopic (exact) mass is 370 g/mol. The Kier molecular flexibility index (Phi) is 7.82. The summed E-state index contributed by atoms with van der Waals surface area (Å²) in [6.07, 6.45) is 0.183. The molecule has 27 heavy (non-hydrogen) atoms. The largest absolute Gasteiger partial charge is 0.480 e. The molecule has 0 aliphatic carbocycles. The Balaban J connectivity index is 1.87. The van der Waals surface area contributed by atoms with E-state index in [4.69, 9.17) is 9.84 Å². The molecule has 0 spiro atoms. The number of carboxylic acid groups (broad SMARTS) is 1. The number of para-hydroxylation sites is 1. The van der Waals surface area contributed by atoms with E-state index < -0.39 is 5.97 Å². The molecule has 2 aromatic rings. The SMILES string of the molecule is CC(C)OCc1ccc(CNC(=O)CN(CC(=O)O)c2ccccc2)cc1. The number of hydrogen-bond acceptors (Lipinski definition) is 4. The molecular formula is C21H26N2O4. The van der Waals surface area contributed by atoms with Crippen LogP contribution in [0.1, 0.15) is 25.0 Å². The third-order valence-electron chi connectivity index (χ3n) is 3.88. The van der Waals surface area contributed by atoms with Crippen molar-refractivity contribution in [3.8, 4) is 0 Å². The molecule has 0 aliphatic rings. The molecule has 0 radical (unpaired) electrons. The normalized spacial score (nSPS) is 10.6. The van der Waals surface area contributed by atoms with Gasteiger partial charge in [0.25, 0.3) is 0 Å². The number of carbonyl (C=O) groups excluding carboxylic acids is 1. The number of anilines is 1. The number of rotatable bonds is 10. The second-order valence-corrected chi connectivity index (χ2v) is 6.54. The van der Waals surface area contributed by atoms with Gasteiger partial charge in [-0.2, -0.15) is 0 Å². The smallest absolute Gasteiger partial charge is 0.323 e. The fourth-order valence-electron chi connectivity index (χ4n) is 2.49. The molecule has 0 saturated carbocycles. The van der Waals surface area contributed by atoms with E-state index in [0.29, 0.717) is 18.8 Å². The average molecular weight is 370 g/mol. The van der Waals surface area contributed by atoms with Crippen molar-refractivity contribution in [2.75, 3.05) is 18.0 Å². The van der Waals surface area contributed by atoms with Crippen molar-refractivity contribution in [3.05, 3.63) is 65.7 Å². The summed E-state index contributed by atoms with van der Waals surface area (Å²) in [4.78, 5) is 24.9. The molecule has 1 amide bonds. The molecule has 2 aromatic carbocycles. The zero-order chi connectivity index (χ0) is 19.6. The summed E-state index contributed by atoms with van der Waals surface area (Å²) in [5.41, 5.74) is 2.75. The van der Waals surface area contributed by atoms with Gasteiger partial charge in [0.15, 0.2) is 0 Å². The molecular weight excluding hydrogens is 344 g/mol. The van der Waals surface area contributed by atoms with Crippen molar-refractivity contribution in [1.82, 2.24) is 5.32 Å². The molecule has 144 valence electrons. The predicted octanol–water partition coefficient (Wildman–Crippen LogP) is 2.82. The Morgan fingerprint density at radius 3 is 2.22 bits per heavy atom. The molecule has 0 saturated heterocycles. The summed E-state index contributed by atoms with van der Waals surface area (Å²) in [5.74, 6) is -1.21. The lowest BCUT2D eigenvalue weighted by Gasteiger charge is -2.22. The van der Waals surface area contributed by atoms with Gasteiger partial charge >= 0.3 is 5.97 Å². The Hall–Kier alpha value is -2.86. The van der Waals surface area contributed by atoms with Crippen LogP contribution in [-0.2, 0) is 27.5 Å². The highest BCUT2D eigenvalue weighted by molar-refractivity contribution is 5.84. The molecule has 0 fully saturated rings. The molecule has 2 rings (SSSR count). The maximum Gasteiger partial charge on any atom is 0.323 e. The minimum absolute atomic E-state index is 0.0172. The number of aliphatic carboxylic acids is 1. The molecule has 0 unspecified atom stereocenters. The number of nitrogens with one attached hydrogen (secondary N) is 1. The van der Waals surface area contributed by atoms with Gasteiger partial charge < -0.3 is 20.1 Å². The van der Waals surface area contributed by atoms with Crippen LogP contribution in [0.5, 0.6) is 0 Å². The minimum Gasteiger partial charge on any atom is -0.480 e. The topological polar surface area (TPSA) is 78.9 Å². The first-order chi connectivity index (χ1) is 12.9. The van der Waals surface area contributed by atoms with Gasteiger partial charge in [-0.25, -0.2) is 0 Å². The summed E-state index contributed by atoms with van der Waals surface area (Å²) < 4.78 is 5.56. The number of ether oxygens (including phenoxy) is 1. The van der Waals surface area contributed by atoms with E-state index in [1.54, 1.807) is 12.1 Å². The lowest BCUT2D eigenvalue weighted by molar-refractivity contribution is -0.135. The maximum atomic E-state index is 12.3. The number of benzene rings is 2. The first kappa shape index (κ1) is 20.5. The van der Waals surface area contributed by atoms with E-state index in [-0.39, 0.29) is 25.1 Å². The highest BCUT2D eigenvalue weighted by atomic mass is 16.5. The molecule has 0 atom stereocenters. The summed E-state index contributed by atoms with van der Waals surface area (Å²) in [6, 6.07) is 16.9. The van der Waals surface area contributed by atoms with E-state index in [9.17, 15) is 9.59 Å². The van der Waals surface area contributed by atoms with Crippen LogP contribution in [0.3, 0.4) is 0 Å². The first-order valence-corrected chi connectivity index (χ1v) is 8.92. The lowest BCUT2D eigenvalue weighted by atomic mass is 10.1. The van der Waals surface area contributed by atoms with E-state index in [0.717, 1.165) is 11.1 Å². The van der Waals surface area contributed by atoms with Crippen molar-refractivity contribution >= 4 is 17.6 Å². The number of carbonyl (C=O) groups is 2. The van der Waals surface area contributed by atoms with Crippen molar-refractivity contribution in [2.24, 2.45) is 0 Å². The zero-order valence-corrected chi connectivity index (χ0v) is 15.7. The summed E-state index contributed by atoms with van der Waals surface area (Å²) >= 11 is 0. The van der Waals surface area contributed by atoms with E-state index in [2.05, 4.69) is 5.32 Å². The van der Waals surface area contributed by atoms with Crippen LogP contribution in [0, 0.1) is 0 Å². The van der Waals surface area contributed by atoms with Gasteiger partial charge in [-0.1, -0.05) is 42.5 Å². The van der Waals surface area contributed by atoms with E-state index in [1.807, 2.05) is 56.3 Å². The van der Waals surface area contributed by atoms with Gasteiger partial charge in [0.05, 0.1) is 19.3 Å². The third kappa shape index (κ3) is 7.50. The number of carboxylic acids is 1. The fourth-order valence-corrected chi connectivity index (χ4v) is 2.49. The van der Waals surface area contributed by atoms with E-state index >= 15 is 0 Å². The molecule has 0 aromatic heterocycles. The molecule has 0 aliphatic heterocycles. The number of nitrogens with zero attached hydrogens (tertiary/aromatic N) is 1. The van der Waals surface area contributed by atoms with Crippen LogP contribution in [-0.4, -0.2) is 36.2 Å². The van der Waals surface area contributed by atoms with Crippen LogP contribution in [0.15, 0.2) is 54.6 Å². The molecule has 6 heteroatoms. The van der Waals surface area contributed by atoms with Gasteiger partial charge in [-0.15, -0.1) is 0 Å². The number of hydrogen-bond donors (Lipinski definition) is 2. The predicted molar refractivity (Wildman–Crippen MR) is 105 cm³/mol. The average Bonchev–Trinajstić information content (AvgIpc) is 2.65. The Morgan fingerprint density at radius 1 is 1.00 bits per heavy atom. The maximum absolute atomic E-state index is 12.3. The van der Waals surface area contributed by atoms with Crippen LogP contribution in [0.4, 0.5) is 5.69 Å². The van der Waals surface area contributed by atoms with Crippen LogP contribution in [0.2, 0.25) is 0 Å². The van der Waals surface area contributed by atoms with Crippen LogP contribution >= 0.6 is 0 Å². The molecule has 0 bridgehead atoms.